The first-order valence-corrected chi connectivity index (χ1v) is 32.5. The van der Waals surface area contributed by atoms with Gasteiger partial charge in [-0.25, -0.2) is 0 Å². The van der Waals surface area contributed by atoms with Crippen molar-refractivity contribution < 1.29 is 28.6 Å². The Kier molecular flexibility index (Phi) is 61.8. The van der Waals surface area contributed by atoms with Crippen LogP contribution in [0.25, 0.3) is 0 Å². The zero-order valence-corrected chi connectivity index (χ0v) is 50.9. The van der Waals surface area contributed by atoms with Crippen molar-refractivity contribution in [3.8, 4) is 0 Å². The lowest BCUT2D eigenvalue weighted by molar-refractivity contribution is -0.167. The lowest BCUT2D eigenvalue weighted by Crippen LogP contribution is -2.30. The van der Waals surface area contributed by atoms with Crippen molar-refractivity contribution >= 4 is 17.9 Å². The van der Waals surface area contributed by atoms with E-state index < -0.39 is 6.10 Å². The summed E-state index contributed by atoms with van der Waals surface area (Å²) in [6, 6.07) is 0. The van der Waals surface area contributed by atoms with E-state index >= 15 is 0 Å². The van der Waals surface area contributed by atoms with Crippen LogP contribution in [-0.4, -0.2) is 37.2 Å². The van der Waals surface area contributed by atoms with E-state index in [0.717, 1.165) is 135 Å². The molecule has 0 aliphatic carbocycles. The molecule has 78 heavy (non-hydrogen) atoms. The Bertz CT molecular complexity index is 1620. The average Bonchev–Trinajstić information content (AvgIpc) is 3.44. The quantitative estimate of drug-likeness (QED) is 0.0261. The first-order chi connectivity index (χ1) is 38.5. The van der Waals surface area contributed by atoms with Gasteiger partial charge in [-0.05, 0) is 116 Å². The first kappa shape index (κ1) is 73.8. The van der Waals surface area contributed by atoms with Gasteiger partial charge >= 0.3 is 17.9 Å². The van der Waals surface area contributed by atoms with Gasteiger partial charge in [0.25, 0.3) is 0 Å². The van der Waals surface area contributed by atoms with Gasteiger partial charge < -0.3 is 14.2 Å². The molecular weight excluding hydrogens is 961 g/mol. The van der Waals surface area contributed by atoms with E-state index in [1.54, 1.807) is 0 Å². The summed E-state index contributed by atoms with van der Waals surface area (Å²) in [4.78, 5) is 38.2. The zero-order valence-electron chi connectivity index (χ0n) is 50.9. The molecule has 444 valence electrons. The maximum atomic E-state index is 12.9. The van der Waals surface area contributed by atoms with Crippen molar-refractivity contribution in [1.82, 2.24) is 0 Å². The van der Waals surface area contributed by atoms with Gasteiger partial charge in [0.2, 0.25) is 0 Å². The third-order valence-electron chi connectivity index (χ3n) is 13.7. The van der Waals surface area contributed by atoms with Crippen LogP contribution in [0.5, 0.6) is 0 Å². The van der Waals surface area contributed by atoms with Gasteiger partial charge in [-0.3, -0.25) is 14.4 Å². The van der Waals surface area contributed by atoms with Gasteiger partial charge in [-0.1, -0.05) is 284 Å². The third kappa shape index (κ3) is 62.7. The van der Waals surface area contributed by atoms with Gasteiger partial charge in [0.05, 0.1) is 0 Å². The molecule has 0 spiro atoms. The second-order valence-corrected chi connectivity index (χ2v) is 21.3. The Morgan fingerprint density at radius 2 is 0.500 bits per heavy atom. The molecule has 0 aromatic carbocycles. The van der Waals surface area contributed by atoms with Crippen LogP contribution in [0.3, 0.4) is 0 Å². The summed E-state index contributed by atoms with van der Waals surface area (Å²) in [5.74, 6) is -0.905. The Morgan fingerprint density at radius 3 is 0.782 bits per heavy atom. The van der Waals surface area contributed by atoms with Crippen LogP contribution < -0.4 is 0 Å². The Labute approximate surface area is 482 Å². The fourth-order valence-electron chi connectivity index (χ4n) is 8.84. The van der Waals surface area contributed by atoms with Crippen LogP contribution in [0.2, 0.25) is 0 Å². The number of unbranched alkanes of at least 4 members (excludes halogenated alkanes) is 27. The third-order valence-corrected chi connectivity index (χ3v) is 13.7. The minimum atomic E-state index is -0.788. The summed E-state index contributed by atoms with van der Waals surface area (Å²) in [6.07, 6.45) is 90.8. The number of carbonyl (C=O) groups is 3. The minimum Gasteiger partial charge on any atom is -0.462 e. The molecule has 0 fully saturated rings. The summed E-state index contributed by atoms with van der Waals surface area (Å²) in [5, 5.41) is 0. The molecule has 0 saturated heterocycles. The van der Waals surface area contributed by atoms with Crippen molar-refractivity contribution in [3.05, 3.63) is 122 Å². The summed E-state index contributed by atoms with van der Waals surface area (Å²) < 4.78 is 16.9. The number of esters is 3. The fourth-order valence-corrected chi connectivity index (χ4v) is 8.84. The molecule has 0 rings (SSSR count). The average molecular weight is 1080 g/mol. The maximum Gasteiger partial charge on any atom is 0.306 e. The Morgan fingerprint density at radius 1 is 0.269 bits per heavy atom. The zero-order chi connectivity index (χ0) is 56.4. The number of carbonyl (C=O) groups excluding carboxylic acids is 3. The second kappa shape index (κ2) is 65.3. The molecule has 0 aliphatic heterocycles. The summed E-state index contributed by atoms with van der Waals surface area (Å²) in [6.45, 7) is 6.48. The highest BCUT2D eigenvalue weighted by molar-refractivity contribution is 5.71. The Hall–Kier alpha value is -4.19. The van der Waals surface area contributed by atoms with Crippen molar-refractivity contribution in [2.75, 3.05) is 13.2 Å². The standard InChI is InChI=1S/C72H120O6/c1-4-7-10-13-16-19-21-23-25-27-29-31-32-33-34-35-36-37-38-39-40-42-43-45-47-49-51-53-56-59-62-65-71(74)77-68-69(67-76-70(73)64-61-58-55-18-15-12-9-6-3)78-72(75)66-63-60-57-54-52-50-48-46-44-41-30-28-26-24-22-20-17-14-11-8-5-2/h7,10,16,19,22-25,28-31,33-34,36-37,39-40,44,46,69H,4-6,8-9,11-15,17-18,20-21,26-27,32,35,38,41-43,45,47-68H2,1-3H3/b10-7-,19-16-,24-22-,25-23-,30-28-,31-29-,34-33-,37-36-,40-39-,46-44-. The van der Waals surface area contributed by atoms with Crippen LogP contribution in [-0.2, 0) is 28.6 Å². The van der Waals surface area contributed by atoms with E-state index in [4.69, 9.17) is 14.2 Å². The number of rotatable bonds is 58. The molecule has 0 saturated carbocycles. The van der Waals surface area contributed by atoms with E-state index in [0.29, 0.717) is 19.3 Å². The molecule has 0 N–H and O–H groups in total. The highest BCUT2D eigenvalue weighted by Crippen LogP contribution is 2.15. The van der Waals surface area contributed by atoms with E-state index in [-0.39, 0.29) is 31.1 Å². The lowest BCUT2D eigenvalue weighted by Gasteiger charge is -2.18. The van der Waals surface area contributed by atoms with Crippen LogP contribution in [0, 0.1) is 0 Å². The predicted octanol–water partition coefficient (Wildman–Crippen LogP) is 22.4. The van der Waals surface area contributed by atoms with Crippen molar-refractivity contribution in [2.45, 2.75) is 303 Å². The van der Waals surface area contributed by atoms with E-state index in [9.17, 15) is 14.4 Å². The van der Waals surface area contributed by atoms with Crippen molar-refractivity contribution in [2.24, 2.45) is 0 Å². The highest BCUT2D eigenvalue weighted by atomic mass is 16.6. The van der Waals surface area contributed by atoms with E-state index in [1.807, 2.05) is 0 Å². The molecular formula is C72H120O6. The van der Waals surface area contributed by atoms with Gasteiger partial charge in [0.1, 0.15) is 13.2 Å². The maximum absolute atomic E-state index is 12.9. The Balaban J connectivity index is 4.21. The second-order valence-electron chi connectivity index (χ2n) is 21.3. The van der Waals surface area contributed by atoms with Crippen LogP contribution in [0.4, 0.5) is 0 Å². The fraction of sp³-hybridized carbons (Fsp3) is 0.681. The summed E-state index contributed by atoms with van der Waals surface area (Å²) >= 11 is 0. The van der Waals surface area contributed by atoms with Gasteiger partial charge in [-0.15, -0.1) is 0 Å². The molecule has 0 aromatic heterocycles. The largest absolute Gasteiger partial charge is 0.462 e. The number of ether oxygens (including phenoxy) is 3. The SMILES string of the molecule is CC/C=C\C/C=C\C/C=C\C/C=C\C/C=C\C/C=C\C/C=C\CCCCCCCCCCCC(=O)OCC(COC(=O)CCCCCCCCCC)OC(=O)CCCCCCCC/C=C\C/C=C\C/C=C\CCCCCCC. The summed E-state index contributed by atoms with van der Waals surface area (Å²) in [5.41, 5.74) is 0. The molecule has 0 aliphatic rings. The normalized spacial score (nSPS) is 12.9. The predicted molar refractivity (Wildman–Crippen MR) is 339 cm³/mol. The van der Waals surface area contributed by atoms with Crippen LogP contribution >= 0.6 is 0 Å². The molecule has 1 unspecified atom stereocenters. The van der Waals surface area contributed by atoms with Gasteiger partial charge in [-0.2, -0.15) is 0 Å². The number of allylic oxidation sites excluding steroid dienone is 20. The topological polar surface area (TPSA) is 78.9 Å². The summed E-state index contributed by atoms with van der Waals surface area (Å²) in [7, 11) is 0. The molecule has 0 radical (unpaired) electrons. The molecule has 0 bridgehead atoms. The van der Waals surface area contributed by atoms with Crippen LogP contribution in [0.1, 0.15) is 297 Å². The molecule has 0 heterocycles. The van der Waals surface area contributed by atoms with Crippen molar-refractivity contribution in [3.63, 3.8) is 0 Å². The molecule has 1 atom stereocenters. The van der Waals surface area contributed by atoms with E-state index in [1.165, 1.54) is 122 Å². The van der Waals surface area contributed by atoms with Crippen LogP contribution in [0.15, 0.2) is 122 Å². The van der Waals surface area contributed by atoms with Gasteiger partial charge in [0, 0.05) is 19.3 Å². The van der Waals surface area contributed by atoms with Gasteiger partial charge in [0.15, 0.2) is 6.10 Å². The highest BCUT2D eigenvalue weighted by Gasteiger charge is 2.19. The van der Waals surface area contributed by atoms with Crippen molar-refractivity contribution in [1.29, 1.82) is 0 Å². The molecule has 0 amide bonds. The first-order valence-electron chi connectivity index (χ1n) is 32.5. The minimum absolute atomic E-state index is 0.0853. The van der Waals surface area contributed by atoms with E-state index in [2.05, 4.69) is 142 Å². The lowest BCUT2D eigenvalue weighted by atomic mass is 10.1. The molecule has 6 heteroatoms. The number of hydrogen-bond acceptors (Lipinski definition) is 6. The number of hydrogen-bond donors (Lipinski definition) is 0. The molecule has 6 nitrogen and oxygen atoms in total. The molecule has 0 aromatic rings. The monoisotopic (exact) mass is 1080 g/mol. The smallest absolute Gasteiger partial charge is 0.306 e.